The summed E-state index contributed by atoms with van der Waals surface area (Å²) < 4.78 is 28.6. The summed E-state index contributed by atoms with van der Waals surface area (Å²) in [6.45, 7) is 1.10. The SMILES string of the molecule is NCC(COc1ccccc1)C1CCS(=O)(=O)CC1. The van der Waals surface area contributed by atoms with E-state index in [1.54, 1.807) is 0 Å². The number of para-hydroxylation sites is 1. The summed E-state index contributed by atoms with van der Waals surface area (Å²) in [6.07, 6.45) is 1.42. The maximum absolute atomic E-state index is 11.4. The van der Waals surface area contributed by atoms with Crippen LogP contribution in [0, 0.1) is 11.8 Å². The Balaban J connectivity index is 1.87. The van der Waals surface area contributed by atoms with Gasteiger partial charge in [0.05, 0.1) is 18.1 Å². The Kier molecular flexibility index (Phi) is 4.82. The molecule has 0 amide bonds. The molecule has 1 saturated heterocycles. The van der Waals surface area contributed by atoms with Gasteiger partial charge in [-0.3, -0.25) is 0 Å². The highest BCUT2D eigenvalue weighted by atomic mass is 32.2. The van der Waals surface area contributed by atoms with Crippen LogP contribution >= 0.6 is 0 Å². The highest BCUT2D eigenvalue weighted by molar-refractivity contribution is 7.91. The average Bonchev–Trinajstić information content (AvgIpc) is 2.42. The Morgan fingerprint density at radius 2 is 1.84 bits per heavy atom. The fourth-order valence-electron chi connectivity index (χ4n) is 2.50. The van der Waals surface area contributed by atoms with E-state index in [9.17, 15) is 8.42 Å². The third-order valence-electron chi connectivity index (χ3n) is 3.78. The second kappa shape index (κ2) is 6.39. The van der Waals surface area contributed by atoms with Crippen molar-refractivity contribution in [2.45, 2.75) is 12.8 Å². The number of sulfone groups is 1. The second-order valence-electron chi connectivity index (χ2n) is 5.11. The molecule has 0 aromatic heterocycles. The lowest BCUT2D eigenvalue weighted by Gasteiger charge is -2.29. The molecular formula is C14H21NO3S. The van der Waals surface area contributed by atoms with Gasteiger partial charge in [0.2, 0.25) is 0 Å². The molecule has 106 valence electrons. The molecule has 1 aliphatic rings. The normalized spacial score (nSPS) is 20.9. The van der Waals surface area contributed by atoms with E-state index in [1.807, 2.05) is 30.3 Å². The Hall–Kier alpha value is -1.07. The lowest BCUT2D eigenvalue weighted by Crippen LogP contribution is -2.35. The summed E-state index contributed by atoms with van der Waals surface area (Å²) in [5.74, 6) is 2.01. The van der Waals surface area contributed by atoms with Crippen molar-refractivity contribution in [3.05, 3.63) is 30.3 Å². The summed E-state index contributed by atoms with van der Waals surface area (Å²) >= 11 is 0. The minimum absolute atomic E-state index is 0.232. The van der Waals surface area contributed by atoms with Crippen molar-refractivity contribution in [2.24, 2.45) is 17.6 Å². The molecule has 0 aliphatic carbocycles. The number of hydrogen-bond donors (Lipinski definition) is 1. The van der Waals surface area contributed by atoms with Crippen molar-refractivity contribution in [3.8, 4) is 5.75 Å². The van der Waals surface area contributed by atoms with Gasteiger partial charge in [-0.05, 0) is 37.4 Å². The predicted molar refractivity (Wildman–Crippen MR) is 75.9 cm³/mol. The third-order valence-corrected chi connectivity index (χ3v) is 5.49. The second-order valence-corrected chi connectivity index (χ2v) is 7.41. The van der Waals surface area contributed by atoms with Crippen LogP contribution in [0.1, 0.15) is 12.8 Å². The highest BCUT2D eigenvalue weighted by Crippen LogP contribution is 2.26. The van der Waals surface area contributed by atoms with Crippen LogP contribution in [0.2, 0.25) is 0 Å². The van der Waals surface area contributed by atoms with Crippen LogP contribution in [0.5, 0.6) is 5.75 Å². The van der Waals surface area contributed by atoms with Crippen LogP contribution in [0.25, 0.3) is 0 Å². The van der Waals surface area contributed by atoms with Crippen LogP contribution in [0.3, 0.4) is 0 Å². The fourth-order valence-corrected chi connectivity index (χ4v) is 4.02. The Morgan fingerprint density at radius 1 is 1.21 bits per heavy atom. The third kappa shape index (κ3) is 4.21. The van der Waals surface area contributed by atoms with E-state index in [0.717, 1.165) is 5.75 Å². The van der Waals surface area contributed by atoms with Gasteiger partial charge in [0.1, 0.15) is 15.6 Å². The summed E-state index contributed by atoms with van der Waals surface area (Å²) in [7, 11) is -2.81. The van der Waals surface area contributed by atoms with Gasteiger partial charge in [0, 0.05) is 5.92 Å². The monoisotopic (exact) mass is 283 g/mol. The first-order chi connectivity index (χ1) is 9.11. The first-order valence-electron chi connectivity index (χ1n) is 6.69. The number of benzene rings is 1. The van der Waals surface area contributed by atoms with Crippen molar-refractivity contribution in [1.29, 1.82) is 0 Å². The molecule has 1 atom stereocenters. The first-order valence-corrected chi connectivity index (χ1v) is 8.51. The molecule has 19 heavy (non-hydrogen) atoms. The molecule has 4 nitrogen and oxygen atoms in total. The fraction of sp³-hybridized carbons (Fsp3) is 0.571. The first kappa shape index (κ1) is 14.3. The van der Waals surface area contributed by atoms with Crippen LogP contribution in [-0.4, -0.2) is 33.1 Å². The Labute approximate surface area is 114 Å². The molecule has 2 rings (SSSR count). The Bertz CT molecular complexity index is 473. The van der Waals surface area contributed by atoms with Gasteiger partial charge in [0.15, 0.2) is 0 Å². The molecule has 1 aromatic carbocycles. The smallest absolute Gasteiger partial charge is 0.150 e. The molecule has 0 radical (unpaired) electrons. The van der Waals surface area contributed by atoms with E-state index < -0.39 is 9.84 Å². The predicted octanol–water partition coefficient (Wildman–Crippen LogP) is 1.47. The molecule has 0 bridgehead atoms. The number of ether oxygens (including phenoxy) is 1. The number of nitrogens with two attached hydrogens (primary N) is 1. The Morgan fingerprint density at radius 3 is 2.42 bits per heavy atom. The van der Waals surface area contributed by atoms with E-state index in [2.05, 4.69) is 0 Å². The maximum atomic E-state index is 11.4. The molecule has 1 aliphatic heterocycles. The average molecular weight is 283 g/mol. The van der Waals surface area contributed by atoms with Gasteiger partial charge in [-0.2, -0.15) is 0 Å². The summed E-state index contributed by atoms with van der Waals surface area (Å²) in [5, 5.41) is 0. The number of rotatable bonds is 5. The molecule has 1 unspecified atom stereocenters. The van der Waals surface area contributed by atoms with E-state index in [-0.39, 0.29) is 5.92 Å². The quantitative estimate of drug-likeness (QED) is 0.888. The van der Waals surface area contributed by atoms with Gasteiger partial charge < -0.3 is 10.5 Å². The van der Waals surface area contributed by atoms with Gasteiger partial charge in [-0.1, -0.05) is 18.2 Å². The minimum atomic E-state index is -2.81. The van der Waals surface area contributed by atoms with Gasteiger partial charge in [-0.25, -0.2) is 8.42 Å². The largest absolute Gasteiger partial charge is 0.493 e. The zero-order valence-corrected chi connectivity index (χ0v) is 11.8. The van der Waals surface area contributed by atoms with Gasteiger partial charge in [0.25, 0.3) is 0 Å². The lowest BCUT2D eigenvalue weighted by molar-refractivity contribution is 0.189. The number of hydrogen-bond acceptors (Lipinski definition) is 4. The van der Waals surface area contributed by atoms with Gasteiger partial charge in [-0.15, -0.1) is 0 Å². The summed E-state index contributed by atoms with van der Waals surface area (Å²) in [5.41, 5.74) is 5.81. The van der Waals surface area contributed by atoms with Crippen molar-refractivity contribution in [3.63, 3.8) is 0 Å². The summed E-state index contributed by atoms with van der Waals surface area (Å²) in [4.78, 5) is 0. The van der Waals surface area contributed by atoms with Gasteiger partial charge >= 0.3 is 0 Å². The molecular weight excluding hydrogens is 262 g/mol. The van der Waals surface area contributed by atoms with E-state index in [1.165, 1.54) is 0 Å². The van der Waals surface area contributed by atoms with Crippen LogP contribution in [0.4, 0.5) is 0 Å². The van der Waals surface area contributed by atoms with E-state index >= 15 is 0 Å². The van der Waals surface area contributed by atoms with Crippen molar-refractivity contribution < 1.29 is 13.2 Å². The van der Waals surface area contributed by atoms with Crippen molar-refractivity contribution in [2.75, 3.05) is 24.7 Å². The minimum Gasteiger partial charge on any atom is -0.493 e. The zero-order valence-electron chi connectivity index (χ0n) is 11.0. The van der Waals surface area contributed by atoms with Crippen LogP contribution in [-0.2, 0) is 9.84 Å². The van der Waals surface area contributed by atoms with E-state index in [4.69, 9.17) is 10.5 Å². The maximum Gasteiger partial charge on any atom is 0.150 e. The molecule has 0 spiro atoms. The lowest BCUT2D eigenvalue weighted by atomic mass is 9.88. The molecule has 2 N–H and O–H groups in total. The molecule has 1 aromatic rings. The molecule has 1 heterocycles. The van der Waals surface area contributed by atoms with Crippen molar-refractivity contribution in [1.82, 2.24) is 0 Å². The summed E-state index contributed by atoms with van der Waals surface area (Å²) in [6, 6.07) is 9.64. The molecule has 5 heteroatoms. The van der Waals surface area contributed by atoms with Crippen LogP contribution < -0.4 is 10.5 Å². The van der Waals surface area contributed by atoms with Crippen LogP contribution in [0.15, 0.2) is 30.3 Å². The zero-order chi connectivity index (χ0) is 13.7. The standard InChI is InChI=1S/C14H21NO3S/c15-10-13(11-18-14-4-2-1-3-5-14)12-6-8-19(16,17)9-7-12/h1-5,12-13H,6-11,15H2. The van der Waals surface area contributed by atoms with E-state index in [0.29, 0.717) is 43.4 Å². The topological polar surface area (TPSA) is 69.4 Å². The molecule has 0 saturated carbocycles. The van der Waals surface area contributed by atoms with Crippen molar-refractivity contribution >= 4 is 9.84 Å². The highest BCUT2D eigenvalue weighted by Gasteiger charge is 2.29. The molecule has 1 fully saturated rings.